The second-order valence-corrected chi connectivity index (χ2v) is 11.7. The molecule has 5 heteroatoms. The average molecular weight is 588 g/mol. The lowest BCUT2D eigenvalue weighted by molar-refractivity contribution is 0.982. The maximum atomic E-state index is 5.37. The van der Waals surface area contributed by atoms with Gasteiger partial charge < -0.3 is 0 Å². The van der Waals surface area contributed by atoms with Crippen LogP contribution in [0.3, 0.4) is 0 Å². The van der Waals surface area contributed by atoms with Crippen molar-refractivity contribution in [3.8, 4) is 28.3 Å². The van der Waals surface area contributed by atoms with Crippen LogP contribution in [0.15, 0.2) is 152 Å². The number of pyridine rings is 1. The fourth-order valence-electron chi connectivity index (χ4n) is 7.10. The molecule has 46 heavy (non-hydrogen) atoms. The molecule has 0 spiro atoms. The van der Waals surface area contributed by atoms with Crippen molar-refractivity contribution in [1.82, 2.24) is 23.9 Å². The average Bonchev–Trinajstić information content (AvgIpc) is 3.68. The normalized spacial score (nSPS) is 11.9. The molecule has 0 saturated heterocycles. The van der Waals surface area contributed by atoms with Crippen molar-refractivity contribution in [3.63, 3.8) is 0 Å². The second-order valence-electron chi connectivity index (χ2n) is 11.7. The molecule has 6 aromatic carbocycles. The molecule has 5 nitrogen and oxygen atoms in total. The van der Waals surface area contributed by atoms with Crippen molar-refractivity contribution in [2.45, 2.75) is 0 Å². The van der Waals surface area contributed by atoms with Gasteiger partial charge in [0.15, 0.2) is 0 Å². The van der Waals surface area contributed by atoms with Gasteiger partial charge in [-0.1, -0.05) is 97.1 Å². The van der Waals surface area contributed by atoms with Crippen molar-refractivity contribution in [2.24, 2.45) is 0 Å². The van der Waals surface area contributed by atoms with Gasteiger partial charge in [-0.05, 0) is 65.0 Å². The SMILES string of the molecule is c1ccc(-c2ccc(-c3cc4c5ccccc5n(-c5nc6ccccc6c6nc7ccccc7n56)c4c4ccccc34)cc2)nc1. The fourth-order valence-corrected chi connectivity index (χ4v) is 7.10. The van der Waals surface area contributed by atoms with Crippen molar-refractivity contribution in [2.75, 3.05) is 0 Å². The number of benzene rings is 6. The van der Waals surface area contributed by atoms with E-state index in [0.717, 1.165) is 55.8 Å². The Kier molecular flexibility index (Phi) is 5.22. The molecule has 10 aromatic rings. The summed E-state index contributed by atoms with van der Waals surface area (Å²) in [6.45, 7) is 0. The molecule has 0 fully saturated rings. The fraction of sp³-hybridized carbons (Fsp3) is 0. The third-order valence-electron chi connectivity index (χ3n) is 9.16. The highest BCUT2D eigenvalue weighted by Crippen LogP contribution is 2.42. The molecule has 0 aliphatic carbocycles. The molecule has 10 rings (SSSR count). The molecule has 0 N–H and O–H groups in total. The molecule has 0 atom stereocenters. The van der Waals surface area contributed by atoms with Gasteiger partial charge in [0.25, 0.3) is 0 Å². The Morgan fingerprint density at radius 2 is 1.11 bits per heavy atom. The summed E-state index contributed by atoms with van der Waals surface area (Å²) >= 11 is 0. The monoisotopic (exact) mass is 587 g/mol. The van der Waals surface area contributed by atoms with Crippen molar-refractivity contribution >= 4 is 60.2 Å². The predicted octanol–water partition coefficient (Wildman–Crippen LogP) is 10.0. The first kappa shape index (κ1) is 25.0. The Bertz CT molecular complexity index is 2790. The van der Waals surface area contributed by atoms with Gasteiger partial charge in [0.05, 0.1) is 33.3 Å². The molecular formula is C41H25N5. The van der Waals surface area contributed by atoms with Gasteiger partial charge in [-0.2, -0.15) is 0 Å². The van der Waals surface area contributed by atoms with Crippen LogP contribution in [0.2, 0.25) is 0 Å². The number of rotatable bonds is 3. The van der Waals surface area contributed by atoms with E-state index in [1.54, 1.807) is 0 Å². The summed E-state index contributed by atoms with van der Waals surface area (Å²) in [6, 6.07) is 51.1. The van der Waals surface area contributed by atoms with Crippen LogP contribution < -0.4 is 0 Å². The summed E-state index contributed by atoms with van der Waals surface area (Å²) in [5.74, 6) is 0.825. The third-order valence-corrected chi connectivity index (χ3v) is 9.16. The highest BCUT2D eigenvalue weighted by Gasteiger charge is 2.22. The Hall–Kier alpha value is -6.33. The van der Waals surface area contributed by atoms with Crippen LogP contribution in [-0.2, 0) is 0 Å². The summed E-state index contributed by atoms with van der Waals surface area (Å²) in [6.07, 6.45) is 1.84. The largest absolute Gasteiger partial charge is 0.278 e. The lowest BCUT2D eigenvalue weighted by Gasteiger charge is -2.15. The smallest absolute Gasteiger partial charge is 0.221 e. The van der Waals surface area contributed by atoms with Crippen LogP contribution in [0.4, 0.5) is 0 Å². The Morgan fingerprint density at radius 1 is 0.457 bits per heavy atom. The molecule has 0 amide bonds. The van der Waals surface area contributed by atoms with Crippen LogP contribution in [0, 0.1) is 0 Å². The molecule has 214 valence electrons. The summed E-state index contributed by atoms with van der Waals surface area (Å²) < 4.78 is 4.57. The predicted molar refractivity (Wildman–Crippen MR) is 189 cm³/mol. The topological polar surface area (TPSA) is 48.0 Å². The molecule has 4 aromatic heterocycles. The van der Waals surface area contributed by atoms with Gasteiger partial charge in [0.2, 0.25) is 5.95 Å². The number of hydrogen-bond donors (Lipinski definition) is 0. The van der Waals surface area contributed by atoms with Crippen molar-refractivity contribution in [1.29, 1.82) is 0 Å². The Labute approximate surface area is 263 Å². The van der Waals surface area contributed by atoms with E-state index in [2.05, 4.69) is 129 Å². The number of aromatic nitrogens is 5. The lowest BCUT2D eigenvalue weighted by atomic mass is 9.94. The van der Waals surface area contributed by atoms with Gasteiger partial charge in [0, 0.05) is 33.3 Å². The van der Waals surface area contributed by atoms with E-state index in [1.807, 2.05) is 36.5 Å². The van der Waals surface area contributed by atoms with E-state index < -0.39 is 0 Å². The van der Waals surface area contributed by atoms with Crippen LogP contribution in [0.5, 0.6) is 0 Å². The van der Waals surface area contributed by atoms with E-state index in [-0.39, 0.29) is 0 Å². The van der Waals surface area contributed by atoms with Crippen molar-refractivity contribution < 1.29 is 0 Å². The summed E-state index contributed by atoms with van der Waals surface area (Å²) in [5.41, 5.74) is 10.5. The van der Waals surface area contributed by atoms with Crippen molar-refractivity contribution in [3.05, 3.63) is 152 Å². The van der Waals surface area contributed by atoms with Crippen LogP contribution in [0.25, 0.3) is 88.5 Å². The molecule has 0 unspecified atom stereocenters. The zero-order valence-electron chi connectivity index (χ0n) is 24.7. The lowest BCUT2D eigenvalue weighted by Crippen LogP contribution is -2.06. The zero-order valence-corrected chi connectivity index (χ0v) is 24.7. The number of fused-ring (bicyclic) bond motifs is 10. The van der Waals surface area contributed by atoms with Crippen LogP contribution in [-0.4, -0.2) is 23.9 Å². The first-order valence-electron chi connectivity index (χ1n) is 15.5. The van der Waals surface area contributed by atoms with Crippen LogP contribution in [0.1, 0.15) is 0 Å². The van der Waals surface area contributed by atoms with E-state index in [0.29, 0.717) is 0 Å². The first-order valence-corrected chi connectivity index (χ1v) is 15.5. The molecule has 0 aliphatic heterocycles. The van der Waals surface area contributed by atoms with E-state index >= 15 is 0 Å². The second kappa shape index (κ2) is 9.58. The van der Waals surface area contributed by atoms with E-state index in [9.17, 15) is 0 Å². The summed E-state index contributed by atoms with van der Waals surface area (Å²) in [7, 11) is 0. The quantitative estimate of drug-likeness (QED) is 0.207. The minimum Gasteiger partial charge on any atom is -0.278 e. The number of hydrogen-bond acceptors (Lipinski definition) is 3. The summed E-state index contributed by atoms with van der Waals surface area (Å²) in [4.78, 5) is 15.0. The molecule has 0 bridgehead atoms. The first-order chi connectivity index (χ1) is 22.8. The summed E-state index contributed by atoms with van der Waals surface area (Å²) in [5, 5.41) is 5.77. The highest BCUT2D eigenvalue weighted by atomic mass is 15.2. The van der Waals surface area contributed by atoms with E-state index in [1.165, 1.54) is 32.7 Å². The third kappa shape index (κ3) is 3.54. The van der Waals surface area contributed by atoms with Gasteiger partial charge in [-0.15, -0.1) is 0 Å². The van der Waals surface area contributed by atoms with Crippen LogP contribution >= 0.6 is 0 Å². The van der Waals surface area contributed by atoms with Gasteiger partial charge in [-0.25, -0.2) is 9.97 Å². The Balaban J connectivity index is 1.33. The number of para-hydroxylation sites is 4. The zero-order chi connectivity index (χ0) is 30.2. The van der Waals surface area contributed by atoms with E-state index in [4.69, 9.17) is 9.97 Å². The Morgan fingerprint density at radius 3 is 1.91 bits per heavy atom. The standard InChI is InChI=1S/C41H25N5/c1-2-13-30-28(11-1)32(26-20-22-27(23-21-26)34-15-9-10-24-42-34)25-33-29-12-4-7-18-37(29)45(39(30)33)41-44-35-16-5-3-14-31(35)40-43-36-17-6-8-19-38(36)46(40)41/h1-25H. The maximum Gasteiger partial charge on any atom is 0.221 e. The van der Waals surface area contributed by atoms with Gasteiger partial charge in [-0.3, -0.25) is 14.0 Å². The molecule has 4 heterocycles. The highest BCUT2D eigenvalue weighted by molar-refractivity contribution is 6.22. The number of imidazole rings is 1. The molecule has 0 saturated carbocycles. The number of nitrogens with zero attached hydrogens (tertiary/aromatic N) is 5. The maximum absolute atomic E-state index is 5.37. The van der Waals surface area contributed by atoms with Gasteiger partial charge >= 0.3 is 0 Å². The minimum atomic E-state index is 0.825. The minimum absolute atomic E-state index is 0.825. The molecule has 0 aliphatic rings. The van der Waals surface area contributed by atoms with Gasteiger partial charge in [0.1, 0.15) is 5.65 Å². The molecule has 0 radical (unpaired) electrons. The molecular weight excluding hydrogens is 562 g/mol.